The molecule has 2 heterocycles. The molecule has 0 unspecified atom stereocenters. The summed E-state index contributed by atoms with van der Waals surface area (Å²) in [5.41, 5.74) is 0. The molecule has 1 aromatic heterocycles. The Morgan fingerprint density at radius 2 is 1.96 bits per heavy atom. The van der Waals surface area contributed by atoms with E-state index in [1.54, 1.807) is 0 Å². The number of hydrogen-bond acceptors (Lipinski definition) is 6. The molecule has 1 aromatic carbocycles. The Morgan fingerprint density at radius 1 is 1.25 bits per heavy atom. The number of aryl methyl sites for hydroxylation is 1. The molecular formula is C16H19BrN4O2S. The number of rotatable bonds is 5. The molecule has 0 atom stereocenters. The van der Waals surface area contributed by atoms with Crippen LogP contribution in [0.2, 0.25) is 0 Å². The van der Waals surface area contributed by atoms with E-state index in [0.29, 0.717) is 18.8 Å². The molecule has 2 aromatic rings. The fraction of sp³-hybridized carbons (Fsp3) is 0.438. The lowest BCUT2D eigenvalue weighted by atomic mass is 10.3. The third kappa shape index (κ3) is 4.24. The van der Waals surface area contributed by atoms with Crippen LogP contribution in [0.3, 0.4) is 0 Å². The van der Waals surface area contributed by atoms with Crippen molar-refractivity contribution in [2.45, 2.75) is 13.3 Å². The highest BCUT2D eigenvalue weighted by atomic mass is 79.9. The van der Waals surface area contributed by atoms with Crippen molar-refractivity contribution in [1.29, 1.82) is 0 Å². The van der Waals surface area contributed by atoms with E-state index < -0.39 is 0 Å². The van der Waals surface area contributed by atoms with Gasteiger partial charge in [0.15, 0.2) is 6.61 Å². The van der Waals surface area contributed by atoms with E-state index in [4.69, 9.17) is 4.74 Å². The molecule has 0 radical (unpaired) electrons. The molecule has 0 saturated carbocycles. The highest BCUT2D eigenvalue weighted by molar-refractivity contribution is 9.10. The van der Waals surface area contributed by atoms with Gasteiger partial charge < -0.3 is 14.5 Å². The molecule has 0 bridgehead atoms. The molecule has 1 saturated heterocycles. The van der Waals surface area contributed by atoms with E-state index in [1.165, 1.54) is 11.5 Å². The standard InChI is InChI=1S/C16H19BrN4O2S/c1-2-14-18-16(24-19-14)21-9-7-20(8-10-21)15(22)11-23-13-5-3-12(17)4-6-13/h3-6H,2,7-11H2,1H3. The van der Waals surface area contributed by atoms with Crippen LogP contribution >= 0.6 is 27.5 Å². The number of aromatic nitrogens is 2. The van der Waals surface area contributed by atoms with Crippen molar-refractivity contribution in [3.63, 3.8) is 0 Å². The number of halogens is 1. The molecule has 0 N–H and O–H groups in total. The van der Waals surface area contributed by atoms with Gasteiger partial charge in [-0.2, -0.15) is 4.37 Å². The van der Waals surface area contributed by atoms with Crippen LogP contribution in [0, 0.1) is 0 Å². The number of anilines is 1. The fourth-order valence-electron chi connectivity index (χ4n) is 2.43. The topological polar surface area (TPSA) is 58.6 Å². The number of piperazine rings is 1. The highest BCUT2D eigenvalue weighted by Gasteiger charge is 2.23. The number of nitrogens with zero attached hydrogens (tertiary/aromatic N) is 4. The third-order valence-electron chi connectivity index (χ3n) is 3.85. The SMILES string of the molecule is CCc1nsc(N2CCN(C(=O)COc3ccc(Br)cc3)CC2)n1. The van der Waals surface area contributed by atoms with Gasteiger partial charge in [0, 0.05) is 48.6 Å². The number of amides is 1. The smallest absolute Gasteiger partial charge is 0.260 e. The molecule has 3 rings (SSSR count). The summed E-state index contributed by atoms with van der Waals surface area (Å²) in [4.78, 5) is 20.8. The lowest BCUT2D eigenvalue weighted by Gasteiger charge is -2.34. The summed E-state index contributed by atoms with van der Waals surface area (Å²) in [5.74, 6) is 1.60. The molecule has 128 valence electrons. The van der Waals surface area contributed by atoms with E-state index in [9.17, 15) is 4.79 Å². The van der Waals surface area contributed by atoms with E-state index in [-0.39, 0.29) is 12.5 Å². The van der Waals surface area contributed by atoms with E-state index in [0.717, 1.165) is 34.9 Å². The van der Waals surface area contributed by atoms with Gasteiger partial charge in [0.25, 0.3) is 5.91 Å². The second-order valence-corrected chi connectivity index (χ2v) is 7.10. The van der Waals surface area contributed by atoms with Gasteiger partial charge in [-0.3, -0.25) is 4.79 Å². The number of carbonyl (C=O) groups excluding carboxylic acids is 1. The van der Waals surface area contributed by atoms with Crippen molar-refractivity contribution < 1.29 is 9.53 Å². The molecule has 1 aliphatic rings. The van der Waals surface area contributed by atoms with E-state index in [1.807, 2.05) is 36.1 Å². The van der Waals surface area contributed by atoms with Gasteiger partial charge in [0.1, 0.15) is 11.6 Å². The summed E-state index contributed by atoms with van der Waals surface area (Å²) in [6.45, 7) is 5.05. The number of hydrogen-bond donors (Lipinski definition) is 0. The zero-order valence-corrected chi connectivity index (χ0v) is 15.8. The normalized spacial score (nSPS) is 14.8. The molecule has 0 aliphatic carbocycles. The van der Waals surface area contributed by atoms with Gasteiger partial charge >= 0.3 is 0 Å². The first-order valence-corrected chi connectivity index (χ1v) is 9.46. The Kier molecular flexibility index (Phi) is 5.68. The van der Waals surface area contributed by atoms with Crippen LogP contribution in [0.4, 0.5) is 5.13 Å². The zero-order chi connectivity index (χ0) is 16.9. The van der Waals surface area contributed by atoms with Crippen molar-refractivity contribution in [1.82, 2.24) is 14.3 Å². The first-order valence-electron chi connectivity index (χ1n) is 7.89. The summed E-state index contributed by atoms with van der Waals surface area (Å²) < 4.78 is 10.9. The summed E-state index contributed by atoms with van der Waals surface area (Å²) >= 11 is 4.81. The highest BCUT2D eigenvalue weighted by Crippen LogP contribution is 2.20. The number of ether oxygens (including phenoxy) is 1. The first kappa shape index (κ1) is 17.2. The maximum absolute atomic E-state index is 12.3. The van der Waals surface area contributed by atoms with Crippen molar-refractivity contribution >= 4 is 38.5 Å². The Balaban J connectivity index is 1.47. The molecule has 1 amide bonds. The van der Waals surface area contributed by atoms with Gasteiger partial charge in [0.2, 0.25) is 5.13 Å². The lowest BCUT2D eigenvalue weighted by molar-refractivity contribution is -0.133. The molecule has 24 heavy (non-hydrogen) atoms. The largest absolute Gasteiger partial charge is 0.484 e. The zero-order valence-electron chi connectivity index (χ0n) is 13.4. The van der Waals surface area contributed by atoms with E-state index >= 15 is 0 Å². The van der Waals surface area contributed by atoms with E-state index in [2.05, 4.69) is 30.2 Å². The predicted molar refractivity (Wildman–Crippen MR) is 97.7 cm³/mol. The molecule has 1 aliphatic heterocycles. The van der Waals surface area contributed by atoms with Crippen LogP contribution in [-0.2, 0) is 11.2 Å². The summed E-state index contributed by atoms with van der Waals surface area (Å²) in [7, 11) is 0. The maximum Gasteiger partial charge on any atom is 0.260 e. The molecule has 1 fully saturated rings. The molecule has 8 heteroatoms. The van der Waals surface area contributed by atoms with Crippen molar-refractivity contribution in [3.05, 3.63) is 34.6 Å². The van der Waals surface area contributed by atoms with Crippen LogP contribution in [0.25, 0.3) is 0 Å². The van der Waals surface area contributed by atoms with Gasteiger partial charge in [-0.1, -0.05) is 22.9 Å². The predicted octanol–water partition coefficient (Wildman–Crippen LogP) is 2.59. The van der Waals surface area contributed by atoms with Crippen molar-refractivity contribution in [2.75, 3.05) is 37.7 Å². The van der Waals surface area contributed by atoms with Crippen LogP contribution in [0.5, 0.6) is 5.75 Å². The van der Waals surface area contributed by atoms with Gasteiger partial charge in [-0.25, -0.2) is 4.98 Å². The molecule has 0 spiro atoms. The average Bonchev–Trinajstić information content (AvgIpc) is 3.10. The monoisotopic (exact) mass is 410 g/mol. The summed E-state index contributed by atoms with van der Waals surface area (Å²) in [6.07, 6.45) is 0.850. The second kappa shape index (κ2) is 7.94. The lowest BCUT2D eigenvalue weighted by Crippen LogP contribution is -2.50. The average molecular weight is 411 g/mol. The van der Waals surface area contributed by atoms with Crippen LogP contribution in [0.15, 0.2) is 28.7 Å². The van der Waals surface area contributed by atoms with Crippen molar-refractivity contribution in [2.24, 2.45) is 0 Å². The first-order chi connectivity index (χ1) is 11.7. The van der Waals surface area contributed by atoms with Crippen LogP contribution < -0.4 is 9.64 Å². The maximum atomic E-state index is 12.3. The van der Waals surface area contributed by atoms with Crippen LogP contribution in [0.1, 0.15) is 12.7 Å². The molecular weight excluding hydrogens is 392 g/mol. The minimum Gasteiger partial charge on any atom is -0.484 e. The van der Waals surface area contributed by atoms with Gasteiger partial charge in [-0.15, -0.1) is 0 Å². The second-order valence-electron chi connectivity index (χ2n) is 5.46. The quantitative estimate of drug-likeness (QED) is 0.757. The summed E-state index contributed by atoms with van der Waals surface area (Å²) in [6, 6.07) is 7.47. The Morgan fingerprint density at radius 3 is 2.58 bits per heavy atom. The minimum absolute atomic E-state index is 0.0177. The number of benzene rings is 1. The Hall–Kier alpha value is -1.67. The minimum atomic E-state index is 0.0177. The number of carbonyl (C=O) groups is 1. The molecule has 6 nitrogen and oxygen atoms in total. The Bertz CT molecular complexity index is 684. The van der Waals surface area contributed by atoms with Gasteiger partial charge in [-0.05, 0) is 24.3 Å². The van der Waals surface area contributed by atoms with Gasteiger partial charge in [0.05, 0.1) is 0 Å². The van der Waals surface area contributed by atoms with Crippen LogP contribution in [-0.4, -0.2) is 53.0 Å². The summed E-state index contributed by atoms with van der Waals surface area (Å²) in [5, 5.41) is 0.949. The third-order valence-corrected chi connectivity index (χ3v) is 5.20. The fourth-order valence-corrected chi connectivity index (χ4v) is 3.50. The van der Waals surface area contributed by atoms with Crippen molar-refractivity contribution in [3.8, 4) is 5.75 Å². The Labute approximate surface area is 153 Å².